The van der Waals surface area contributed by atoms with Crippen LogP contribution in [0.4, 0.5) is 11.4 Å². The summed E-state index contributed by atoms with van der Waals surface area (Å²) in [6, 6.07) is 5.44. The highest BCUT2D eigenvalue weighted by Gasteiger charge is 2.37. The lowest BCUT2D eigenvalue weighted by Gasteiger charge is -2.20. The van der Waals surface area contributed by atoms with Gasteiger partial charge in [-0.2, -0.15) is 0 Å². The summed E-state index contributed by atoms with van der Waals surface area (Å²) >= 11 is 0. The highest BCUT2D eigenvalue weighted by atomic mass is 16.3. The van der Waals surface area contributed by atoms with Crippen molar-refractivity contribution in [1.82, 2.24) is 0 Å². The van der Waals surface area contributed by atoms with Gasteiger partial charge in [0.05, 0.1) is 15.9 Å². The minimum Gasteiger partial charge on any atom is -0.399 e. The van der Waals surface area contributed by atoms with E-state index in [1.807, 2.05) is 42.5 Å². The van der Waals surface area contributed by atoms with E-state index >= 15 is 0 Å². The van der Waals surface area contributed by atoms with Gasteiger partial charge in [0.25, 0.3) is 11.4 Å². The summed E-state index contributed by atoms with van der Waals surface area (Å²) in [5.74, 6) is 0.186. The van der Waals surface area contributed by atoms with Crippen LogP contribution in [0.3, 0.4) is 0 Å². The van der Waals surface area contributed by atoms with Crippen LogP contribution in [-0.4, -0.2) is 4.76 Å². The maximum Gasteiger partial charge on any atom is 0.274 e. The summed E-state index contributed by atoms with van der Waals surface area (Å²) in [5, 5.41) is 0. The zero-order valence-corrected chi connectivity index (χ0v) is 10.8. The van der Waals surface area contributed by atoms with Crippen molar-refractivity contribution < 1.29 is 4.76 Å². The number of nitroso groups, excluding NO2 is 1. The van der Waals surface area contributed by atoms with Gasteiger partial charge in [-0.15, -0.1) is 0 Å². The van der Waals surface area contributed by atoms with E-state index in [0.29, 0.717) is 11.4 Å². The first-order valence-electron chi connectivity index (χ1n) is 6.60. The second-order valence-electron chi connectivity index (χ2n) is 5.15. The third kappa shape index (κ3) is 1.46. The Morgan fingerprint density at radius 2 is 2.00 bits per heavy atom. The molecule has 1 aliphatic heterocycles. The molecule has 3 aliphatic rings. The minimum absolute atomic E-state index is 0.186. The number of hydrogen-bond acceptors (Lipinski definition) is 2. The highest BCUT2D eigenvalue weighted by molar-refractivity contribution is 5.75. The Morgan fingerprint density at radius 1 is 1.10 bits per heavy atom. The van der Waals surface area contributed by atoms with Gasteiger partial charge in [-0.3, -0.25) is 0 Å². The molecular weight excluding hydrogens is 248 g/mol. The topological polar surface area (TPSA) is 46.1 Å². The number of hydrogen-bond donors (Lipinski definition) is 1. The fraction of sp³-hybridized carbons (Fsp3) is 0.0588. The molecule has 1 heterocycles. The normalized spacial score (nSPS) is 22.3. The minimum atomic E-state index is 0.186. The van der Waals surface area contributed by atoms with Crippen LogP contribution in [0.15, 0.2) is 71.5 Å². The number of rotatable bonds is 0. The predicted molar refractivity (Wildman–Crippen MR) is 80.1 cm³/mol. The molecule has 1 aromatic rings. The van der Waals surface area contributed by atoms with Crippen LogP contribution in [0.5, 0.6) is 0 Å². The molecule has 20 heavy (non-hydrogen) atoms. The lowest BCUT2D eigenvalue weighted by molar-refractivity contribution is -0.405. The van der Waals surface area contributed by atoms with Gasteiger partial charge in [0.1, 0.15) is 0 Å². The third-order valence-corrected chi connectivity index (χ3v) is 3.88. The van der Waals surface area contributed by atoms with E-state index in [4.69, 9.17) is 5.73 Å². The SMILES string of the molecule is Nc1ccc2c(c1)[N+](=O)C1=C3C=CC=CC3C=CC1=C2. The molecular formula is C17H13N2O+. The maximum atomic E-state index is 12.7. The van der Waals surface area contributed by atoms with Crippen molar-refractivity contribution in [3.05, 3.63) is 82.0 Å². The van der Waals surface area contributed by atoms with Gasteiger partial charge in [-0.25, -0.2) is 0 Å². The molecule has 0 amide bonds. The van der Waals surface area contributed by atoms with Crippen molar-refractivity contribution in [3.63, 3.8) is 0 Å². The molecule has 1 aromatic carbocycles. The Labute approximate surface area is 116 Å². The van der Waals surface area contributed by atoms with Gasteiger partial charge in [-0.1, -0.05) is 36.5 Å². The molecule has 0 spiro atoms. The molecule has 0 saturated carbocycles. The van der Waals surface area contributed by atoms with Crippen molar-refractivity contribution in [1.29, 1.82) is 0 Å². The maximum absolute atomic E-state index is 12.7. The van der Waals surface area contributed by atoms with Gasteiger partial charge in [0.2, 0.25) is 0 Å². The number of allylic oxidation sites excluding steroid dienone is 7. The standard InChI is InChI=1S/C17H13N2O/c18-14-8-7-12-9-13-6-5-11-3-1-2-4-15(11)17(13)19(20)16(12)10-14/h1-11H,18H2/q+1. The third-order valence-electron chi connectivity index (χ3n) is 3.88. The first-order valence-corrected chi connectivity index (χ1v) is 6.60. The smallest absolute Gasteiger partial charge is 0.274 e. The van der Waals surface area contributed by atoms with Crippen LogP contribution in [-0.2, 0) is 0 Å². The van der Waals surface area contributed by atoms with Gasteiger partial charge in [-0.05, 0) is 18.2 Å². The molecule has 4 rings (SSSR count). The van der Waals surface area contributed by atoms with Crippen molar-refractivity contribution >= 4 is 17.5 Å². The first kappa shape index (κ1) is 11.2. The molecule has 0 bridgehead atoms. The lowest BCUT2D eigenvalue weighted by atomic mass is 9.83. The fourth-order valence-corrected chi connectivity index (χ4v) is 2.91. The summed E-state index contributed by atoms with van der Waals surface area (Å²) in [7, 11) is 0. The molecule has 0 fully saturated rings. The summed E-state index contributed by atoms with van der Waals surface area (Å²) in [6.45, 7) is 0. The van der Waals surface area contributed by atoms with E-state index in [2.05, 4.69) is 12.2 Å². The van der Waals surface area contributed by atoms with E-state index in [1.165, 1.54) is 0 Å². The Morgan fingerprint density at radius 3 is 2.90 bits per heavy atom. The molecule has 0 aromatic heterocycles. The monoisotopic (exact) mass is 261 g/mol. The zero-order valence-electron chi connectivity index (χ0n) is 10.8. The van der Waals surface area contributed by atoms with Crippen molar-refractivity contribution in [3.8, 4) is 0 Å². The molecule has 0 radical (unpaired) electrons. The predicted octanol–water partition coefficient (Wildman–Crippen LogP) is 3.64. The van der Waals surface area contributed by atoms with Crippen molar-refractivity contribution in [2.45, 2.75) is 0 Å². The van der Waals surface area contributed by atoms with E-state index in [0.717, 1.165) is 27.2 Å². The molecule has 0 saturated heterocycles. The Bertz CT molecular complexity index is 791. The number of benzene rings is 1. The highest BCUT2D eigenvalue weighted by Crippen LogP contribution is 2.41. The van der Waals surface area contributed by atoms with E-state index in [-0.39, 0.29) is 5.92 Å². The summed E-state index contributed by atoms with van der Waals surface area (Å²) in [5.41, 5.74) is 10.7. The molecule has 1 atom stereocenters. The van der Waals surface area contributed by atoms with Gasteiger partial charge in [0, 0.05) is 28.2 Å². The van der Waals surface area contributed by atoms with Crippen molar-refractivity contribution in [2.24, 2.45) is 5.92 Å². The lowest BCUT2D eigenvalue weighted by Crippen LogP contribution is -2.17. The molecule has 2 aliphatic carbocycles. The van der Waals surface area contributed by atoms with Crippen LogP contribution in [0, 0.1) is 10.8 Å². The number of anilines is 1. The van der Waals surface area contributed by atoms with Gasteiger partial charge in [0.15, 0.2) is 0 Å². The van der Waals surface area contributed by atoms with E-state index < -0.39 is 0 Å². The van der Waals surface area contributed by atoms with Crippen LogP contribution in [0.1, 0.15) is 5.56 Å². The summed E-state index contributed by atoms with van der Waals surface area (Å²) < 4.78 is 1.01. The quantitative estimate of drug-likeness (QED) is 0.572. The van der Waals surface area contributed by atoms with Gasteiger partial charge >= 0.3 is 0 Å². The van der Waals surface area contributed by atoms with Crippen molar-refractivity contribution in [2.75, 3.05) is 5.73 Å². The van der Waals surface area contributed by atoms with Crippen LogP contribution in [0.25, 0.3) is 6.08 Å². The Balaban J connectivity index is 1.99. The van der Waals surface area contributed by atoms with Gasteiger partial charge < -0.3 is 5.73 Å². The van der Waals surface area contributed by atoms with Crippen LogP contribution >= 0.6 is 0 Å². The molecule has 96 valence electrons. The summed E-state index contributed by atoms with van der Waals surface area (Å²) in [6.07, 6.45) is 14.3. The second kappa shape index (κ2) is 3.90. The average molecular weight is 261 g/mol. The Kier molecular flexibility index (Phi) is 2.18. The van der Waals surface area contributed by atoms with Crippen LogP contribution in [0.2, 0.25) is 0 Å². The number of fused-ring (bicyclic) bond motifs is 3. The molecule has 2 N–H and O–H groups in total. The number of nitrogens with zero attached hydrogens (tertiary/aromatic N) is 1. The number of nitrogens with two attached hydrogens (primary N) is 1. The zero-order chi connectivity index (χ0) is 13.7. The second-order valence-corrected chi connectivity index (χ2v) is 5.15. The van der Waals surface area contributed by atoms with E-state index in [1.54, 1.807) is 6.07 Å². The summed E-state index contributed by atoms with van der Waals surface area (Å²) in [4.78, 5) is 12.7. The van der Waals surface area contributed by atoms with E-state index in [9.17, 15) is 4.91 Å². The fourth-order valence-electron chi connectivity index (χ4n) is 2.91. The number of nitrogen functional groups attached to an aromatic ring is 1. The largest absolute Gasteiger partial charge is 0.399 e. The average Bonchev–Trinajstić information content (AvgIpc) is 2.48. The molecule has 3 heteroatoms. The van der Waals surface area contributed by atoms with Crippen LogP contribution < -0.4 is 5.73 Å². The first-order chi connectivity index (χ1) is 9.74. The Hall–Kier alpha value is -2.68. The molecule has 1 unspecified atom stereocenters. The molecule has 3 nitrogen and oxygen atoms in total.